The van der Waals surface area contributed by atoms with Gasteiger partial charge in [0.15, 0.2) is 5.76 Å². The second-order valence-corrected chi connectivity index (χ2v) is 8.53. The Balaban J connectivity index is 1.31. The van der Waals surface area contributed by atoms with Crippen LogP contribution in [0.2, 0.25) is 10.0 Å². The highest BCUT2D eigenvalue weighted by atomic mass is 35.5. The van der Waals surface area contributed by atoms with E-state index >= 15 is 0 Å². The van der Waals surface area contributed by atoms with Crippen molar-refractivity contribution in [3.8, 4) is 17.2 Å². The highest BCUT2D eigenvalue weighted by Crippen LogP contribution is 2.34. The third kappa shape index (κ3) is 3.82. The van der Waals surface area contributed by atoms with Crippen LogP contribution in [0.5, 0.6) is 5.75 Å². The third-order valence-electron chi connectivity index (χ3n) is 5.68. The first-order chi connectivity index (χ1) is 15.5. The second kappa shape index (κ2) is 8.48. The van der Waals surface area contributed by atoms with Gasteiger partial charge in [0.25, 0.3) is 5.91 Å². The summed E-state index contributed by atoms with van der Waals surface area (Å²) in [7, 11) is 0. The first-order valence-corrected chi connectivity index (χ1v) is 11.0. The number of oxazole rings is 1. The van der Waals surface area contributed by atoms with Gasteiger partial charge in [0.2, 0.25) is 11.8 Å². The Morgan fingerprint density at radius 1 is 1.19 bits per heavy atom. The molecule has 2 aliphatic rings. The first-order valence-electron chi connectivity index (χ1n) is 10.2. The number of piperidine rings is 1. The molecule has 5 rings (SSSR count). The lowest BCUT2D eigenvalue weighted by Crippen LogP contribution is -2.50. The molecule has 9 heteroatoms. The summed E-state index contributed by atoms with van der Waals surface area (Å²) in [5.41, 5.74) is 2.05. The van der Waals surface area contributed by atoms with Crippen LogP contribution >= 0.6 is 23.2 Å². The van der Waals surface area contributed by atoms with Crippen molar-refractivity contribution in [2.75, 3.05) is 6.54 Å². The minimum absolute atomic E-state index is 0.101. The van der Waals surface area contributed by atoms with Gasteiger partial charge in [-0.1, -0.05) is 29.3 Å². The van der Waals surface area contributed by atoms with Gasteiger partial charge in [-0.3, -0.25) is 9.59 Å². The maximum absolute atomic E-state index is 12.9. The second-order valence-electron chi connectivity index (χ2n) is 7.71. The number of carbonyl (C=O) groups is 2. The molecule has 0 saturated carbocycles. The molecule has 2 aliphatic heterocycles. The monoisotopic (exact) mass is 471 g/mol. The Morgan fingerprint density at radius 3 is 2.88 bits per heavy atom. The van der Waals surface area contributed by atoms with Crippen molar-refractivity contribution in [2.24, 2.45) is 0 Å². The molecule has 1 atom stereocenters. The molecule has 3 heterocycles. The van der Waals surface area contributed by atoms with Gasteiger partial charge >= 0.3 is 0 Å². The predicted octanol–water partition coefficient (Wildman–Crippen LogP) is 4.46. The summed E-state index contributed by atoms with van der Waals surface area (Å²) in [4.78, 5) is 31.1. The molecular formula is C23H19Cl2N3O4. The zero-order valence-electron chi connectivity index (χ0n) is 16.9. The van der Waals surface area contributed by atoms with E-state index in [4.69, 9.17) is 32.4 Å². The molecule has 0 aliphatic carbocycles. The van der Waals surface area contributed by atoms with E-state index in [0.29, 0.717) is 58.1 Å². The van der Waals surface area contributed by atoms with E-state index in [1.807, 2.05) is 6.07 Å². The molecular weight excluding hydrogens is 453 g/mol. The molecule has 2 aromatic carbocycles. The van der Waals surface area contributed by atoms with Crippen LogP contribution in [0.3, 0.4) is 0 Å². The number of ether oxygens (including phenoxy) is 1. The van der Waals surface area contributed by atoms with Crippen molar-refractivity contribution in [2.45, 2.75) is 32.0 Å². The fraction of sp³-hybridized carbons (Fsp3) is 0.261. The molecule has 0 radical (unpaired) electrons. The van der Waals surface area contributed by atoms with E-state index in [1.165, 1.54) is 0 Å². The Labute approximate surface area is 194 Å². The van der Waals surface area contributed by atoms with Gasteiger partial charge in [-0.25, -0.2) is 4.98 Å². The van der Waals surface area contributed by atoms with Crippen LogP contribution in [-0.4, -0.2) is 34.3 Å². The lowest BCUT2D eigenvalue weighted by atomic mass is 10.1. The number of benzene rings is 2. The minimum Gasteiger partial charge on any atom is -0.485 e. The third-order valence-corrected chi connectivity index (χ3v) is 6.41. The summed E-state index contributed by atoms with van der Waals surface area (Å²) in [6.07, 6.45) is 3.11. The van der Waals surface area contributed by atoms with E-state index in [9.17, 15) is 9.59 Å². The molecule has 7 nitrogen and oxygen atoms in total. The quantitative estimate of drug-likeness (QED) is 0.593. The van der Waals surface area contributed by atoms with Crippen LogP contribution < -0.4 is 10.1 Å². The maximum atomic E-state index is 12.9. The van der Waals surface area contributed by atoms with Crippen molar-refractivity contribution in [3.05, 3.63) is 69.5 Å². The zero-order valence-corrected chi connectivity index (χ0v) is 18.4. The number of amides is 2. The van der Waals surface area contributed by atoms with Crippen LogP contribution in [0.25, 0.3) is 11.5 Å². The highest BCUT2D eigenvalue weighted by molar-refractivity contribution is 6.42. The molecule has 0 spiro atoms. The molecule has 0 bridgehead atoms. The first kappa shape index (κ1) is 20.8. The minimum atomic E-state index is -0.445. The van der Waals surface area contributed by atoms with Crippen molar-refractivity contribution >= 4 is 35.0 Å². The number of hydrogen-bond acceptors (Lipinski definition) is 5. The Kier molecular flexibility index (Phi) is 5.53. The largest absolute Gasteiger partial charge is 0.485 e. The van der Waals surface area contributed by atoms with Crippen LogP contribution in [0.4, 0.5) is 0 Å². The summed E-state index contributed by atoms with van der Waals surface area (Å²) in [5, 5.41) is 3.71. The van der Waals surface area contributed by atoms with Gasteiger partial charge in [-0.2, -0.15) is 0 Å². The topological polar surface area (TPSA) is 84.7 Å². The fourth-order valence-corrected chi connectivity index (χ4v) is 4.35. The predicted molar refractivity (Wildman–Crippen MR) is 119 cm³/mol. The zero-order chi connectivity index (χ0) is 22.2. The standard InChI is InChI=1S/C23H19Cl2N3O4/c24-17-7-6-13(9-18(17)25)22-27-10-14(32-22)12-31-20-5-1-3-15-16(20)11-28(23(15)30)19-4-2-8-26-21(19)29/h1,3,5-7,9-10,19H,2,4,8,11-12H2,(H,26,29). The van der Waals surface area contributed by atoms with Crippen LogP contribution in [0.1, 0.15) is 34.5 Å². The number of hydrogen-bond donors (Lipinski definition) is 1. The van der Waals surface area contributed by atoms with Crippen LogP contribution in [-0.2, 0) is 17.9 Å². The molecule has 1 N–H and O–H groups in total. The van der Waals surface area contributed by atoms with Crippen LogP contribution in [0.15, 0.2) is 47.0 Å². The van der Waals surface area contributed by atoms with Gasteiger partial charge in [0, 0.05) is 23.2 Å². The number of halogens is 2. The number of carbonyl (C=O) groups excluding carboxylic acids is 2. The Hall–Kier alpha value is -3.03. The maximum Gasteiger partial charge on any atom is 0.255 e. The van der Waals surface area contributed by atoms with E-state index in [-0.39, 0.29) is 18.4 Å². The molecule has 3 aromatic rings. The summed E-state index contributed by atoms with van der Waals surface area (Å²) >= 11 is 12.0. The average molecular weight is 472 g/mol. The lowest BCUT2D eigenvalue weighted by Gasteiger charge is -2.30. The highest BCUT2D eigenvalue weighted by Gasteiger charge is 2.38. The Bertz CT molecular complexity index is 1210. The van der Waals surface area contributed by atoms with Crippen LogP contribution in [0, 0.1) is 0 Å². The van der Waals surface area contributed by atoms with Gasteiger partial charge in [0.05, 0.1) is 22.8 Å². The van der Waals surface area contributed by atoms with E-state index < -0.39 is 6.04 Å². The van der Waals surface area contributed by atoms with Crippen molar-refractivity contribution < 1.29 is 18.7 Å². The lowest BCUT2D eigenvalue weighted by molar-refractivity contribution is -0.127. The average Bonchev–Trinajstić information content (AvgIpc) is 3.40. The van der Waals surface area contributed by atoms with Gasteiger partial charge in [0.1, 0.15) is 18.4 Å². The molecule has 164 valence electrons. The normalized spacial score (nSPS) is 17.9. The van der Waals surface area contributed by atoms with E-state index in [0.717, 1.165) is 12.0 Å². The van der Waals surface area contributed by atoms with Crippen molar-refractivity contribution in [3.63, 3.8) is 0 Å². The number of rotatable bonds is 5. The summed E-state index contributed by atoms with van der Waals surface area (Å²) < 4.78 is 11.8. The Morgan fingerprint density at radius 2 is 2.06 bits per heavy atom. The van der Waals surface area contributed by atoms with E-state index in [1.54, 1.807) is 41.4 Å². The number of aromatic nitrogens is 1. The van der Waals surface area contributed by atoms with Crippen molar-refractivity contribution in [1.29, 1.82) is 0 Å². The van der Waals surface area contributed by atoms with E-state index in [2.05, 4.69) is 10.3 Å². The molecule has 32 heavy (non-hydrogen) atoms. The van der Waals surface area contributed by atoms with Gasteiger partial charge < -0.3 is 19.4 Å². The summed E-state index contributed by atoms with van der Waals surface area (Å²) in [6.45, 7) is 1.14. The SMILES string of the molecule is O=C1NCCCC1N1Cc2c(OCc3cnc(-c4ccc(Cl)c(Cl)c4)o3)cccc2C1=O. The number of nitrogens with one attached hydrogen (secondary N) is 1. The molecule has 1 saturated heterocycles. The van der Waals surface area contributed by atoms with Gasteiger partial charge in [-0.05, 0) is 43.2 Å². The van der Waals surface area contributed by atoms with Crippen molar-refractivity contribution in [1.82, 2.24) is 15.2 Å². The number of fused-ring (bicyclic) bond motifs is 1. The summed E-state index contributed by atoms with van der Waals surface area (Å²) in [6, 6.07) is 10.1. The molecule has 1 aromatic heterocycles. The number of nitrogens with zero attached hydrogens (tertiary/aromatic N) is 2. The molecule has 1 unspecified atom stereocenters. The van der Waals surface area contributed by atoms with Gasteiger partial charge in [-0.15, -0.1) is 0 Å². The molecule has 1 fully saturated rings. The smallest absolute Gasteiger partial charge is 0.255 e. The fourth-order valence-electron chi connectivity index (χ4n) is 4.05. The molecule has 2 amide bonds. The summed E-state index contributed by atoms with van der Waals surface area (Å²) in [5.74, 6) is 1.27.